The van der Waals surface area contributed by atoms with Crippen LogP contribution in [0.15, 0.2) is 54.1 Å². The molecule has 0 amide bonds. The molecule has 0 saturated carbocycles. The van der Waals surface area contributed by atoms with Crippen molar-refractivity contribution in [2.24, 2.45) is 0 Å². The number of carbonyl (C=O) groups excluding carboxylic acids is 1. The van der Waals surface area contributed by atoms with Gasteiger partial charge in [-0.25, -0.2) is 4.39 Å². The summed E-state index contributed by atoms with van der Waals surface area (Å²) in [5.41, 5.74) is 2.22. The molecule has 2 aromatic rings. The SMILES string of the molecule is C[Si](C)(C)/C(=C1\COc2ccccc2C1=O)c1ccc(F)cc1. The van der Waals surface area contributed by atoms with Gasteiger partial charge in [-0.05, 0) is 35.0 Å². The number of benzene rings is 2. The summed E-state index contributed by atoms with van der Waals surface area (Å²) in [7, 11) is -1.84. The van der Waals surface area contributed by atoms with Gasteiger partial charge in [0.25, 0.3) is 0 Å². The number of ether oxygens (including phenoxy) is 1. The van der Waals surface area contributed by atoms with Gasteiger partial charge in [-0.15, -0.1) is 0 Å². The number of rotatable bonds is 2. The first-order valence-electron chi connectivity index (χ1n) is 7.64. The average Bonchev–Trinajstić information content (AvgIpc) is 2.51. The second kappa shape index (κ2) is 5.78. The Morgan fingerprint density at radius 3 is 2.35 bits per heavy atom. The Labute approximate surface area is 136 Å². The molecule has 0 spiro atoms. The van der Waals surface area contributed by atoms with Crippen molar-refractivity contribution in [1.82, 2.24) is 0 Å². The fraction of sp³-hybridized carbons (Fsp3) is 0.211. The predicted molar refractivity (Wildman–Crippen MR) is 92.9 cm³/mol. The van der Waals surface area contributed by atoms with Gasteiger partial charge in [0.05, 0.1) is 13.6 Å². The van der Waals surface area contributed by atoms with Crippen molar-refractivity contribution in [2.45, 2.75) is 19.6 Å². The molecule has 118 valence electrons. The molecule has 0 saturated heterocycles. The molecule has 2 aromatic carbocycles. The summed E-state index contributed by atoms with van der Waals surface area (Å²) in [6.45, 7) is 6.83. The van der Waals surface area contributed by atoms with Crippen molar-refractivity contribution in [3.05, 3.63) is 71.0 Å². The lowest BCUT2D eigenvalue weighted by Crippen LogP contribution is -2.30. The molecule has 0 aliphatic carbocycles. The van der Waals surface area contributed by atoms with E-state index >= 15 is 0 Å². The summed E-state index contributed by atoms with van der Waals surface area (Å²) in [6.07, 6.45) is 0. The van der Waals surface area contributed by atoms with Crippen LogP contribution < -0.4 is 4.74 Å². The van der Waals surface area contributed by atoms with Crippen LogP contribution in [0.3, 0.4) is 0 Å². The van der Waals surface area contributed by atoms with Crippen molar-refractivity contribution in [2.75, 3.05) is 6.61 Å². The fourth-order valence-corrected chi connectivity index (χ4v) is 5.14. The van der Waals surface area contributed by atoms with Crippen LogP contribution in [0.4, 0.5) is 4.39 Å². The number of hydrogen-bond acceptors (Lipinski definition) is 2. The molecule has 23 heavy (non-hydrogen) atoms. The number of hydrogen-bond donors (Lipinski definition) is 0. The Hall–Kier alpha value is -2.20. The van der Waals surface area contributed by atoms with Crippen LogP contribution in [0.25, 0.3) is 5.20 Å². The van der Waals surface area contributed by atoms with Crippen molar-refractivity contribution in [3.63, 3.8) is 0 Å². The Morgan fingerprint density at radius 2 is 1.70 bits per heavy atom. The van der Waals surface area contributed by atoms with Crippen LogP contribution in [0.5, 0.6) is 5.75 Å². The van der Waals surface area contributed by atoms with Crippen LogP contribution >= 0.6 is 0 Å². The number of Topliss-reactive ketones (excluding diaryl/α,β-unsaturated/α-hetero) is 1. The van der Waals surface area contributed by atoms with E-state index in [1.54, 1.807) is 18.2 Å². The largest absolute Gasteiger partial charge is 0.488 e. The number of carbonyl (C=O) groups is 1. The highest BCUT2D eigenvalue weighted by atomic mass is 28.3. The van der Waals surface area contributed by atoms with E-state index in [-0.39, 0.29) is 18.2 Å². The van der Waals surface area contributed by atoms with Crippen molar-refractivity contribution < 1.29 is 13.9 Å². The number of para-hydroxylation sites is 1. The van der Waals surface area contributed by atoms with E-state index in [2.05, 4.69) is 19.6 Å². The first-order chi connectivity index (χ1) is 10.9. The molecule has 0 unspecified atom stereocenters. The third-order valence-electron chi connectivity index (χ3n) is 3.96. The fourth-order valence-electron chi connectivity index (χ4n) is 3.02. The van der Waals surface area contributed by atoms with Crippen LogP contribution in [0, 0.1) is 5.82 Å². The van der Waals surface area contributed by atoms with Crippen molar-refractivity contribution >= 4 is 19.1 Å². The standard InChI is InChI=1S/C19H19FO2Si/c1-23(2,3)19(13-8-10-14(20)11-9-13)16-12-22-17-7-5-4-6-15(17)18(16)21/h4-11H,12H2,1-3H3/b19-16+. The van der Waals surface area contributed by atoms with Gasteiger partial charge in [-0.2, -0.15) is 0 Å². The third kappa shape index (κ3) is 2.99. The smallest absolute Gasteiger partial charge is 0.196 e. The molecular weight excluding hydrogens is 307 g/mol. The highest BCUT2D eigenvalue weighted by Crippen LogP contribution is 2.35. The van der Waals surface area contributed by atoms with Crippen molar-refractivity contribution in [1.29, 1.82) is 0 Å². The van der Waals surface area contributed by atoms with Gasteiger partial charge in [0.2, 0.25) is 0 Å². The van der Waals surface area contributed by atoms with Crippen molar-refractivity contribution in [3.8, 4) is 5.75 Å². The second-order valence-corrected chi connectivity index (χ2v) is 11.7. The quantitative estimate of drug-likeness (QED) is 0.589. The van der Waals surface area contributed by atoms with Gasteiger partial charge in [0, 0.05) is 5.57 Å². The highest BCUT2D eigenvalue weighted by molar-refractivity contribution is 6.94. The molecule has 0 bridgehead atoms. The van der Waals surface area contributed by atoms with E-state index in [9.17, 15) is 9.18 Å². The molecular formula is C19H19FO2Si. The molecule has 4 heteroatoms. The third-order valence-corrected chi connectivity index (χ3v) is 6.05. The zero-order valence-corrected chi connectivity index (χ0v) is 14.5. The Kier molecular flexibility index (Phi) is 3.94. The van der Waals surface area contributed by atoms with Gasteiger partial charge in [-0.1, -0.05) is 43.9 Å². The van der Waals surface area contributed by atoms with Crippen LogP contribution in [0.2, 0.25) is 19.6 Å². The monoisotopic (exact) mass is 326 g/mol. The molecule has 3 rings (SSSR count). The van der Waals surface area contributed by atoms with Crippen LogP contribution in [-0.4, -0.2) is 20.5 Å². The normalized spacial score (nSPS) is 16.6. The minimum atomic E-state index is -1.84. The summed E-state index contributed by atoms with van der Waals surface area (Å²) < 4.78 is 19.1. The van der Waals surface area contributed by atoms with E-state index in [1.807, 2.05) is 18.2 Å². The van der Waals surface area contributed by atoms with Crippen LogP contribution in [0.1, 0.15) is 15.9 Å². The molecule has 0 atom stereocenters. The summed E-state index contributed by atoms with van der Waals surface area (Å²) >= 11 is 0. The maximum absolute atomic E-state index is 13.3. The van der Waals surface area contributed by atoms with E-state index in [1.165, 1.54) is 12.1 Å². The Morgan fingerprint density at radius 1 is 1.04 bits per heavy atom. The van der Waals surface area contributed by atoms with Gasteiger partial charge in [-0.3, -0.25) is 4.79 Å². The number of ketones is 1. The predicted octanol–water partition coefficient (Wildman–Crippen LogP) is 4.73. The zero-order valence-electron chi connectivity index (χ0n) is 13.5. The summed E-state index contributed by atoms with van der Waals surface area (Å²) in [5, 5.41) is 1.04. The molecule has 0 radical (unpaired) electrons. The first-order valence-corrected chi connectivity index (χ1v) is 11.1. The van der Waals surface area contributed by atoms with E-state index in [0.717, 1.165) is 10.8 Å². The molecule has 0 fully saturated rings. The minimum absolute atomic E-state index is 0.0219. The maximum atomic E-state index is 13.3. The lowest BCUT2D eigenvalue weighted by molar-refractivity contribution is 0.100. The summed E-state index contributed by atoms with van der Waals surface area (Å²) in [4.78, 5) is 13.0. The number of halogens is 1. The summed E-state index contributed by atoms with van der Waals surface area (Å²) in [5.74, 6) is 0.383. The molecule has 1 aliphatic rings. The molecule has 2 nitrogen and oxygen atoms in total. The van der Waals surface area contributed by atoms with Crippen LogP contribution in [-0.2, 0) is 0 Å². The van der Waals surface area contributed by atoms with Gasteiger partial charge in [0.15, 0.2) is 5.78 Å². The van der Waals surface area contributed by atoms with E-state index in [0.29, 0.717) is 16.9 Å². The molecule has 1 heterocycles. The lowest BCUT2D eigenvalue weighted by atomic mass is 9.98. The van der Waals surface area contributed by atoms with E-state index in [4.69, 9.17) is 4.74 Å². The molecule has 0 aromatic heterocycles. The molecule has 0 N–H and O–H groups in total. The lowest BCUT2D eigenvalue weighted by Gasteiger charge is -2.28. The Balaban J connectivity index is 2.19. The van der Waals surface area contributed by atoms with E-state index < -0.39 is 8.07 Å². The first kappa shape index (κ1) is 15.7. The Bertz CT molecular complexity index is 786. The topological polar surface area (TPSA) is 26.3 Å². The highest BCUT2D eigenvalue weighted by Gasteiger charge is 2.32. The average molecular weight is 326 g/mol. The summed E-state index contributed by atoms with van der Waals surface area (Å²) in [6, 6.07) is 13.7. The van der Waals surface area contributed by atoms with Gasteiger partial charge in [0.1, 0.15) is 18.2 Å². The maximum Gasteiger partial charge on any atom is 0.196 e. The second-order valence-electron chi connectivity index (χ2n) is 6.72. The zero-order chi connectivity index (χ0) is 16.6. The van der Waals surface area contributed by atoms with Gasteiger partial charge >= 0.3 is 0 Å². The number of fused-ring (bicyclic) bond motifs is 1. The minimum Gasteiger partial charge on any atom is -0.488 e. The van der Waals surface area contributed by atoms with Gasteiger partial charge < -0.3 is 4.74 Å². The molecule has 1 aliphatic heterocycles.